The number of benzene rings is 2. The molecule has 2 aliphatic heterocycles. The summed E-state index contributed by atoms with van der Waals surface area (Å²) >= 11 is 2.50. The fourth-order valence-electron chi connectivity index (χ4n) is 7.67. The first-order chi connectivity index (χ1) is 28.2. The summed E-state index contributed by atoms with van der Waals surface area (Å²) in [5.74, 6) is -2.03. The van der Waals surface area contributed by atoms with Gasteiger partial charge in [0.15, 0.2) is 0 Å². The van der Waals surface area contributed by atoms with Gasteiger partial charge in [-0.2, -0.15) is 21.0 Å². The Morgan fingerprint density at radius 1 is 0.517 bits per heavy atom. The van der Waals surface area contributed by atoms with Crippen molar-refractivity contribution in [2.45, 2.75) is 90.9 Å². The van der Waals surface area contributed by atoms with E-state index in [1.807, 2.05) is 24.3 Å². The number of nitrogens with zero attached hydrogens (tertiary/aromatic N) is 6. The van der Waals surface area contributed by atoms with Gasteiger partial charge in [-0.3, -0.25) is 29.0 Å². The summed E-state index contributed by atoms with van der Waals surface area (Å²) in [7, 11) is 0. The first kappa shape index (κ1) is 41.5. The molecule has 4 amide bonds. The second-order valence-electron chi connectivity index (χ2n) is 14.5. The number of hydrogen-bond donors (Lipinski definition) is 0. The van der Waals surface area contributed by atoms with Crippen LogP contribution in [0, 0.1) is 45.3 Å². The molecule has 0 unspecified atom stereocenters. The molecule has 292 valence electrons. The molecule has 10 nitrogen and oxygen atoms in total. The van der Waals surface area contributed by atoms with Crippen LogP contribution in [0.5, 0.6) is 0 Å². The van der Waals surface area contributed by atoms with E-state index in [9.17, 15) is 40.2 Å². The average molecular weight is 807 g/mol. The maximum Gasteiger partial charge on any atom is 0.262 e. The summed E-state index contributed by atoms with van der Waals surface area (Å²) in [5, 5.41) is 38.2. The highest BCUT2D eigenvalue weighted by Crippen LogP contribution is 2.48. The Bertz CT molecular complexity index is 2340. The maximum absolute atomic E-state index is 14.7. The van der Waals surface area contributed by atoms with Crippen LogP contribution in [-0.4, -0.2) is 46.5 Å². The van der Waals surface area contributed by atoms with E-state index >= 15 is 0 Å². The van der Waals surface area contributed by atoms with Gasteiger partial charge in [-0.1, -0.05) is 78.1 Å². The molecule has 0 aliphatic carbocycles. The lowest BCUT2D eigenvalue weighted by Gasteiger charge is -2.34. The van der Waals surface area contributed by atoms with Crippen LogP contribution in [0.25, 0.3) is 43.8 Å². The normalized spacial score (nSPS) is 12.9. The zero-order valence-corrected chi connectivity index (χ0v) is 34.3. The van der Waals surface area contributed by atoms with E-state index in [-0.39, 0.29) is 57.3 Å². The van der Waals surface area contributed by atoms with Crippen molar-refractivity contribution in [1.82, 2.24) is 9.80 Å². The number of allylic oxidation sites excluding steroid dienone is 2. The van der Waals surface area contributed by atoms with Gasteiger partial charge in [-0.25, -0.2) is 0 Å². The van der Waals surface area contributed by atoms with E-state index in [1.54, 1.807) is 36.4 Å². The lowest BCUT2D eigenvalue weighted by atomic mass is 9.80. The second-order valence-corrected chi connectivity index (χ2v) is 16.7. The molecule has 2 aliphatic rings. The summed E-state index contributed by atoms with van der Waals surface area (Å²) < 4.78 is 0. The molecule has 0 spiro atoms. The summed E-state index contributed by atoms with van der Waals surface area (Å²) in [6.07, 6.45) is 14.3. The van der Waals surface area contributed by atoms with Gasteiger partial charge >= 0.3 is 0 Å². The van der Waals surface area contributed by atoms with Crippen LogP contribution < -0.4 is 0 Å². The third kappa shape index (κ3) is 8.27. The van der Waals surface area contributed by atoms with E-state index in [1.165, 1.54) is 44.6 Å². The quantitative estimate of drug-likeness (QED) is 0.0543. The van der Waals surface area contributed by atoms with Crippen molar-refractivity contribution in [1.29, 1.82) is 21.0 Å². The minimum atomic E-state index is -0.509. The Morgan fingerprint density at radius 2 is 0.879 bits per heavy atom. The molecule has 0 saturated carbocycles. The molecule has 2 aromatic carbocycles. The minimum absolute atomic E-state index is 0.0858. The highest BCUT2D eigenvalue weighted by atomic mass is 32.1. The molecule has 0 N–H and O–H groups in total. The molecule has 12 heteroatoms. The highest BCUT2D eigenvalue weighted by molar-refractivity contribution is 7.16. The zero-order chi connectivity index (χ0) is 41.3. The third-order valence-electron chi connectivity index (χ3n) is 10.6. The SMILES string of the molecule is CCCCCCCCN1C(=O)c2cc(-c3ccc(C=C(C#N)C#N)s3)c3c4c(cc(-c5ccc(C=C(C#N)C#N)s5)c(c24)C1=O)C(=O)N(CCCCCCCC)C3=O. The van der Waals surface area contributed by atoms with Crippen molar-refractivity contribution in [2.24, 2.45) is 0 Å². The summed E-state index contributed by atoms with van der Waals surface area (Å²) in [5.41, 5.74) is 1.54. The number of carbonyl (C=O) groups is 4. The molecule has 0 atom stereocenters. The van der Waals surface area contributed by atoms with E-state index in [2.05, 4.69) is 13.8 Å². The summed E-state index contributed by atoms with van der Waals surface area (Å²) in [6, 6.07) is 17.8. The van der Waals surface area contributed by atoms with Gasteiger partial charge in [-0.15, -0.1) is 22.7 Å². The molecule has 0 bridgehead atoms. The van der Waals surface area contributed by atoms with Gasteiger partial charge in [-0.05, 0) is 61.4 Å². The van der Waals surface area contributed by atoms with Gasteiger partial charge in [0.2, 0.25) is 0 Å². The zero-order valence-electron chi connectivity index (χ0n) is 32.7. The molecule has 58 heavy (non-hydrogen) atoms. The lowest BCUT2D eigenvalue weighted by molar-refractivity contribution is 0.0587. The average Bonchev–Trinajstić information content (AvgIpc) is 3.91. The van der Waals surface area contributed by atoms with Crippen molar-refractivity contribution < 1.29 is 19.2 Å². The van der Waals surface area contributed by atoms with Gasteiger partial charge < -0.3 is 0 Å². The van der Waals surface area contributed by atoms with Crippen LogP contribution in [0.3, 0.4) is 0 Å². The fraction of sp³-hybridized carbons (Fsp3) is 0.348. The van der Waals surface area contributed by atoms with Crippen molar-refractivity contribution in [3.63, 3.8) is 0 Å². The van der Waals surface area contributed by atoms with Crippen molar-refractivity contribution in [3.05, 3.63) is 79.6 Å². The van der Waals surface area contributed by atoms with Crippen LogP contribution >= 0.6 is 22.7 Å². The second kappa shape index (κ2) is 18.8. The number of imide groups is 2. The molecule has 0 fully saturated rings. The summed E-state index contributed by atoms with van der Waals surface area (Å²) in [6.45, 7) is 4.67. The van der Waals surface area contributed by atoms with E-state index in [4.69, 9.17) is 0 Å². The number of unbranched alkanes of at least 4 members (excludes halogenated alkanes) is 10. The van der Waals surface area contributed by atoms with Gasteiger partial charge in [0, 0.05) is 65.6 Å². The van der Waals surface area contributed by atoms with Crippen molar-refractivity contribution in [3.8, 4) is 45.2 Å². The molecule has 6 rings (SSSR count). The van der Waals surface area contributed by atoms with Crippen LogP contribution in [-0.2, 0) is 0 Å². The Kier molecular flexibility index (Phi) is 13.5. The molecule has 4 heterocycles. The van der Waals surface area contributed by atoms with E-state index < -0.39 is 23.6 Å². The Hall–Kier alpha value is -6.18. The standard InChI is InChI=1S/C46H42N6O4S2/c1-3-5-7-9-11-13-19-51-43(53)35-23-34(38-18-16-32(58-38)22-30(27-49)28-50)42-40-36(44(54)52(46(42)56)20-14-12-10-8-6-4-2)24-33(41(39(35)40)45(51)55)37-17-15-31(57-37)21-29(25-47)26-48/h15-18,21-24H,3-14,19-20H2,1-2H3. The van der Waals surface area contributed by atoms with Crippen LogP contribution in [0.4, 0.5) is 0 Å². The Labute approximate surface area is 346 Å². The van der Waals surface area contributed by atoms with Gasteiger partial charge in [0.1, 0.15) is 35.4 Å². The van der Waals surface area contributed by atoms with Crippen molar-refractivity contribution >= 4 is 69.2 Å². The minimum Gasteiger partial charge on any atom is -0.274 e. The predicted molar refractivity (Wildman–Crippen MR) is 226 cm³/mol. The fourth-order valence-corrected chi connectivity index (χ4v) is 9.62. The maximum atomic E-state index is 14.7. The first-order valence-corrected chi connectivity index (χ1v) is 21.5. The van der Waals surface area contributed by atoms with Gasteiger partial charge in [0.25, 0.3) is 23.6 Å². The molecule has 2 aromatic heterocycles. The van der Waals surface area contributed by atoms with Crippen LogP contribution in [0.1, 0.15) is 142 Å². The predicted octanol–water partition coefficient (Wildman–Crippen LogP) is 11.1. The summed E-state index contributed by atoms with van der Waals surface area (Å²) in [4.78, 5) is 63.7. The Balaban J connectivity index is 1.58. The van der Waals surface area contributed by atoms with Crippen LogP contribution in [0.15, 0.2) is 47.5 Å². The molecule has 0 radical (unpaired) electrons. The number of amides is 4. The molecular formula is C46H42N6O4S2. The van der Waals surface area contributed by atoms with Crippen LogP contribution in [0.2, 0.25) is 0 Å². The first-order valence-electron chi connectivity index (χ1n) is 19.8. The van der Waals surface area contributed by atoms with Gasteiger partial charge in [0.05, 0.1) is 11.1 Å². The van der Waals surface area contributed by atoms with Crippen molar-refractivity contribution in [2.75, 3.05) is 13.1 Å². The smallest absolute Gasteiger partial charge is 0.262 e. The topological polar surface area (TPSA) is 170 Å². The molecule has 0 saturated heterocycles. The number of carbonyl (C=O) groups excluding carboxylic acids is 4. The Morgan fingerprint density at radius 3 is 1.24 bits per heavy atom. The molecule has 4 aromatic rings. The monoisotopic (exact) mass is 806 g/mol. The van der Waals surface area contributed by atoms with E-state index in [0.29, 0.717) is 43.5 Å². The number of hydrogen-bond acceptors (Lipinski definition) is 10. The lowest BCUT2D eigenvalue weighted by Crippen LogP contribution is -2.44. The number of thiophene rings is 2. The largest absolute Gasteiger partial charge is 0.274 e. The third-order valence-corrected chi connectivity index (χ3v) is 12.7. The number of rotatable bonds is 18. The molecular weight excluding hydrogens is 765 g/mol. The highest BCUT2D eigenvalue weighted by Gasteiger charge is 2.43. The number of nitriles is 4. The van der Waals surface area contributed by atoms with E-state index in [0.717, 1.165) is 64.2 Å².